The van der Waals surface area contributed by atoms with Gasteiger partial charge in [0, 0.05) is 12.6 Å². The van der Waals surface area contributed by atoms with Crippen molar-refractivity contribution >= 4 is 17.0 Å². The number of hydrogen-bond acceptors (Lipinski definition) is 3. The molecule has 4 heteroatoms. The highest BCUT2D eigenvalue weighted by Crippen LogP contribution is 2.23. The topological polar surface area (TPSA) is 53.1 Å². The van der Waals surface area contributed by atoms with Crippen LogP contribution in [0.5, 0.6) is 5.75 Å². The van der Waals surface area contributed by atoms with E-state index in [0.717, 1.165) is 29.7 Å². The summed E-state index contributed by atoms with van der Waals surface area (Å²) in [4.78, 5) is 4.39. The number of nitrogens with two attached hydrogens (primary N) is 1. The van der Waals surface area contributed by atoms with E-state index in [-0.39, 0.29) is 0 Å². The van der Waals surface area contributed by atoms with E-state index in [0.29, 0.717) is 5.95 Å². The number of nitrogens with zero attached hydrogens (tertiary/aromatic N) is 2. The Morgan fingerprint density at radius 2 is 1.95 bits per heavy atom. The fourth-order valence-corrected chi connectivity index (χ4v) is 2.38. The lowest BCUT2D eigenvalue weighted by molar-refractivity contribution is 0.415. The molecule has 0 spiro atoms. The van der Waals surface area contributed by atoms with Crippen LogP contribution in [-0.4, -0.2) is 16.7 Å². The van der Waals surface area contributed by atoms with Crippen molar-refractivity contribution in [2.24, 2.45) is 0 Å². The van der Waals surface area contributed by atoms with Gasteiger partial charge < -0.3 is 15.0 Å². The fraction of sp³-hybridized carbons (Fsp3) is 0.188. The molecule has 102 valence electrons. The van der Waals surface area contributed by atoms with E-state index in [2.05, 4.69) is 29.2 Å². The Kier molecular flexibility index (Phi) is 3.29. The van der Waals surface area contributed by atoms with Gasteiger partial charge >= 0.3 is 0 Å². The summed E-state index contributed by atoms with van der Waals surface area (Å²) in [5.41, 5.74) is 9.23. The van der Waals surface area contributed by atoms with Gasteiger partial charge in [-0.05, 0) is 24.1 Å². The number of methoxy groups -OCH3 is 1. The first-order chi connectivity index (χ1) is 9.78. The molecule has 2 N–H and O–H groups in total. The molecule has 1 aromatic heterocycles. The van der Waals surface area contributed by atoms with Crippen LogP contribution in [0.2, 0.25) is 0 Å². The number of anilines is 1. The zero-order valence-corrected chi connectivity index (χ0v) is 11.4. The summed E-state index contributed by atoms with van der Waals surface area (Å²) in [7, 11) is 1.65. The molecular formula is C16H17N3O. The van der Waals surface area contributed by atoms with Crippen LogP contribution in [0.3, 0.4) is 0 Å². The van der Waals surface area contributed by atoms with Gasteiger partial charge in [0.05, 0.1) is 18.1 Å². The van der Waals surface area contributed by atoms with E-state index in [4.69, 9.17) is 10.5 Å². The van der Waals surface area contributed by atoms with Crippen molar-refractivity contribution in [2.45, 2.75) is 13.0 Å². The Balaban J connectivity index is 1.89. The monoisotopic (exact) mass is 267 g/mol. The number of hydrogen-bond donors (Lipinski definition) is 1. The zero-order chi connectivity index (χ0) is 13.9. The summed E-state index contributed by atoms with van der Waals surface area (Å²) in [6.07, 6.45) is 0.933. The van der Waals surface area contributed by atoms with Crippen LogP contribution in [0, 0.1) is 0 Å². The first kappa shape index (κ1) is 12.5. The first-order valence-corrected chi connectivity index (χ1v) is 6.61. The molecule has 0 saturated heterocycles. The molecule has 0 bridgehead atoms. The third kappa shape index (κ3) is 2.32. The summed E-state index contributed by atoms with van der Waals surface area (Å²) in [5, 5.41) is 0. The molecule has 1 heterocycles. The van der Waals surface area contributed by atoms with E-state index < -0.39 is 0 Å². The van der Waals surface area contributed by atoms with E-state index in [1.807, 2.05) is 28.8 Å². The minimum absolute atomic E-state index is 0.546. The molecular weight excluding hydrogens is 250 g/mol. The lowest BCUT2D eigenvalue weighted by Crippen LogP contribution is -2.05. The third-order valence-electron chi connectivity index (χ3n) is 3.45. The van der Waals surface area contributed by atoms with Crippen molar-refractivity contribution in [2.75, 3.05) is 12.8 Å². The van der Waals surface area contributed by atoms with Crippen LogP contribution in [-0.2, 0) is 13.0 Å². The Morgan fingerprint density at radius 3 is 2.70 bits per heavy atom. The summed E-state index contributed by atoms with van der Waals surface area (Å²) in [6, 6.07) is 16.2. The average molecular weight is 267 g/mol. The van der Waals surface area contributed by atoms with Gasteiger partial charge in [-0.25, -0.2) is 4.98 Å². The molecule has 4 nitrogen and oxygen atoms in total. The molecule has 2 aromatic carbocycles. The quantitative estimate of drug-likeness (QED) is 0.790. The average Bonchev–Trinajstić information content (AvgIpc) is 2.80. The Bertz CT molecular complexity index is 719. The second kappa shape index (κ2) is 5.25. The maximum absolute atomic E-state index is 6.02. The van der Waals surface area contributed by atoms with E-state index in [1.54, 1.807) is 7.11 Å². The fourth-order valence-electron chi connectivity index (χ4n) is 2.38. The molecule has 20 heavy (non-hydrogen) atoms. The number of aryl methyl sites for hydroxylation is 2. The number of rotatable bonds is 4. The van der Waals surface area contributed by atoms with Crippen molar-refractivity contribution in [3.63, 3.8) is 0 Å². The second-order valence-corrected chi connectivity index (χ2v) is 4.71. The summed E-state index contributed by atoms with van der Waals surface area (Å²) in [6.45, 7) is 0.818. The minimum Gasteiger partial charge on any atom is -0.497 e. The van der Waals surface area contributed by atoms with E-state index in [9.17, 15) is 0 Å². The van der Waals surface area contributed by atoms with Gasteiger partial charge in [0.15, 0.2) is 0 Å². The maximum atomic E-state index is 6.02. The van der Waals surface area contributed by atoms with Crippen molar-refractivity contribution in [3.05, 3.63) is 54.1 Å². The number of nitrogen functional groups attached to an aromatic ring is 1. The smallest absolute Gasteiger partial charge is 0.201 e. The lowest BCUT2D eigenvalue weighted by atomic mass is 10.1. The number of benzene rings is 2. The molecule has 0 saturated carbocycles. The molecule has 3 rings (SSSR count). The molecule has 0 aliphatic rings. The second-order valence-electron chi connectivity index (χ2n) is 4.71. The molecule has 0 aliphatic heterocycles. The van der Waals surface area contributed by atoms with Crippen molar-refractivity contribution < 1.29 is 4.74 Å². The molecule has 0 atom stereocenters. The summed E-state index contributed by atoms with van der Waals surface area (Å²) < 4.78 is 7.25. The van der Waals surface area contributed by atoms with Crippen LogP contribution in [0.15, 0.2) is 48.5 Å². The number of imidazole rings is 1. The van der Waals surface area contributed by atoms with Gasteiger partial charge in [-0.2, -0.15) is 0 Å². The maximum Gasteiger partial charge on any atom is 0.201 e. The lowest BCUT2D eigenvalue weighted by Gasteiger charge is -2.07. The van der Waals surface area contributed by atoms with Gasteiger partial charge in [-0.1, -0.05) is 30.3 Å². The van der Waals surface area contributed by atoms with Gasteiger partial charge in [0.1, 0.15) is 5.75 Å². The van der Waals surface area contributed by atoms with Crippen LogP contribution in [0.4, 0.5) is 5.95 Å². The molecule has 0 unspecified atom stereocenters. The third-order valence-corrected chi connectivity index (χ3v) is 3.45. The minimum atomic E-state index is 0.546. The van der Waals surface area contributed by atoms with Gasteiger partial charge in [0.2, 0.25) is 5.95 Å². The predicted octanol–water partition coefficient (Wildman–Crippen LogP) is 2.87. The first-order valence-electron chi connectivity index (χ1n) is 6.61. The van der Waals surface area contributed by atoms with E-state index in [1.165, 1.54) is 5.56 Å². The van der Waals surface area contributed by atoms with E-state index >= 15 is 0 Å². The van der Waals surface area contributed by atoms with Gasteiger partial charge in [-0.15, -0.1) is 0 Å². The number of ether oxygens (including phenoxy) is 1. The molecule has 0 fully saturated rings. The number of fused-ring (bicyclic) bond motifs is 1. The largest absolute Gasteiger partial charge is 0.497 e. The van der Waals surface area contributed by atoms with Crippen LogP contribution in [0.25, 0.3) is 11.0 Å². The van der Waals surface area contributed by atoms with Crippen molar-refractivity contribution in [3.8, 4) is 5.75 Å². The Morgan fingerprint density at radius 1 is 1.15 bits per heavy atom. The van der Waals surface area contributed by atoms with Crippen molar-refractivity contribution in [1.29, 1.82) is 0 Å². The van der Waals surface area contributed by atoms with Gasteiger partial charge in [0.25, 0.3) is 0 Å². The standard InChI is InChI=1S/C16H17N3O/c1-20-13-7-8-15-14(11-13)18-16(17)19(15)10-9-12-5-3-2-4-6-12/h2-8,11H,9-10H2,1H3,(H2,17,18). The van der Waals surface area contributed by atoms with Crippen LogP contribution in [0.1, 0.15) is 5.56 Å². The molecule has 3 aromatic rings. The molecule has 0 aliphatic carbocycles. The highest BCUT2D eigenvalue weighted by molar-refractivity contribution is 5.79. The van der Waals surface area contributed by atoms with Crippen LogP contribution >= 0.6 is 0 Å². The normalized spacial score (nSPS) is 10.8. The summed E-state index contributed by atoms with van der Waals surface area (Å²) in [5.74, 6) is 1.34. The Hall–Kier alpha value is -2.49. The number of aromatic nitrogens is 2. The zero-order valence-electron chi connectivity index (χ0n) is 11.4. The molecule has 0 radical (unpaired) electrons. The SMILES string of the molecule is COc1ccc2c(c1)nc(N)n2CCc1ccccc1. The highest BCUT2D eigenvalue weighted by atomic mass is 16.5. The highest BCUT2D eigenvalue weighted by Gasteiger charge is 2.08. The van der Waals surface area contributed by atoms with Crippen molar-refractivity contribution in [1.82, 2.24) is 9.55 Å². The predicted molar refractivity (Wildman–Crippen MR) is 80.8 cm³/mol. The van der Waals surface area contributed by atoms with Crippen LogP contribution < -0.4 is 10.5 Å². The Labute approximate surface area is 117 Å². The molecule has 0 amide bonds. The summed E-state index contributed by atoms with van der Waals surface area (Å²) >= 11 is 0. The van der Waals surface area contributed by atoms with Gasteiger partial charge in [-0.3, -0.25) is 0 Å².